The van der Waals surface area contributed by atoms with Crippen molar-refractivity contribution in [2.75, 3.05) is 13.7 Å². The van der Waals surface area contributed by atoms with E-state index in [4.69, 9.17) is 10.5 Å². The lowest BCUT2D eigenvalue weighted by Gasteiger charge is -2.25. The van der Waals surface area contributed by atoms with Crippen molar-refractivity contribution in [1.82, 2.24) is 9.78 Å². The first kappa shape index (κ1) is 15.0. The molecule has 2 atom stereocenters. The van der Waals surface area contributed by atoms with Gasteiger partial charge in [-0.1, -0.05) is 13.8 Å². The maximum atomic E-state index is 14.7. The maximum Gasteiger partial charge on any atom is 0.162 e. The van der Waals surface area contributed by atoms with Gasteiger partial charge in [-0.2, -0.15) is 5.10 Å². The van der Waals surface area contributed by atoms with Crippen LogP contribution < -0.4 is 10.5 Å². The molecule has 1 aromatic rings. The van der Waals surface area contributed by atoms with Crippen LogP contribution in [0.1, 0.15) is 45.6 Å². The van der Waals surface area contributed by atoms with Gasteiger partial charge >= 0.3 is 0 Å². The Morgan fingerprint density at radius 2 is 2.00 bits per heavy atom. The molecule has 0 aromatic carbocycles. The lowest BCUT2D eigenvalue weighted by molar-refractivity contribution is 0.171. The van der Waals surface area contributed by atoms with Crippen molar-refractivity contribution in [2.45, 2.75) is 39.9 Å². The molecule has 2 unspecified atom stereocenters. The van der Waals surface area contributed by atoms with E-state index in [9.17, 15) is 4.39 Å². The summed E-state index contributed by atoms with van der Waals surface area (Å²) in [4.78, 5) is 0. The fraction of sp³-hybridized carbons (Fsp3) is 0.769. The maximum absolute atomic E-state index is 14.7. The van der Waals surface area contributed by atoms with Crippen LogP contribution in [0, 0.1) is 11.8 Å². The zero-order valence-electron chi connectivity index (χ0n) is 11.9. The Kier molecular flexibility index (Phi) is 5.14. The SMILES string of the molecule is COc1cnn(C(C)C)c1C(F)C(CN)C(C)C. The van der Waals surface area contributed by atoms with Gasteiger partial charge in [0.05, 0.1) is 13.3 Å². The van der Waals surface area contributed by atoms with Gasteiger partial charge in [-0.05, 0) is 26.3 Å². The van der Waals surface area contributed by atoms with Gasteiger partial charge in [-0.3, -0.25) is 4.68 Å². The number of hydrogen-bond acceptors (Lipinski definition) is 3. The van der Waals surface area contributed by atoms with Crippen molar-refractivity contribution in [3.63, 3.8) is 0 Å². The Morgan fingerprint density at radius 1 is 1.39 bits per heavy atom. The van der Waals surface area contributed by atoms with Crippen LogP contribution in [-0.4, -0.2) is 23.4 Å². The molecule has 0 bridgehead atoms. The molecule has 0 saturated heterocycles. The van der Waals surface area contributed by atoms with E-state index in [2.05, 4.69) is 5.10 Å². The van der Waals surface area contributed by atoms with Crippen LogP contribution in [0.25, 0.3) is 0 Å². The Morgan fingerprint density at radius 3 is 2.39 bits per heavy atom. The molecule has 0 radical (unpaired) electrons. The van der Waals surface area contributed by atoms with Gasteiger partial charge < -0.3 is 10.5 Å². The first-order valence-corrected chi connectivity index (χ1v) is 6.39. The molecule has 2 N–H and O–H groups in total. The molecule has 18 heavy (non-hydrogen) atoms. The second-order valence-corrected chi connectivity index (χ2v) is 5.18. The average Bonchev–Trinajstić information content (AvgIpc) is 2.72. The molecule has 0 aliphatic rings. The van der Waals surface area contributed by atoms with Crippen LogP contribution in [-0.2, 0) is 0 Å². The summed E-state index contributed by atoms with van der Waals surface area (Å²) < 4.78 is 21.6. The molecular weight excluding hydrogens is 233 g/mol. The third kappa shape index (κ3) is 2.83. The number of aromatic nitrogens is 2. The third-order valence-electron chi connectivity index (χ3n) is 3.27. The summed E-state index contributed by atoms with van der Waals surface area (Å²) in [5.74, 6) is 0.439. The molecule has 0 fully saturated rings. The lowest BCUT2D eigenvalue weighted by Crippen LogP contribution is -2.26. The Bertz CT molecular complexity index is 376. The van der Waals surface area contributed by atoms with E-state index < -0.39 is 6.17 Å². The largest absolute Gasteiger partial charge is 0.493 e. The lowest BCUT2D eigenvalue weighted by atomic mass is 9.89. The fourth-order valence-electron chi connectivity index (χ4n) is 2.12. The molecule has 4 nitrogen and oxygen atoms in total. The van der Waals surface area contributed by atoms with Gasteiger partial charge in [0, 0.05) is 12.0 Å². The summed E-state index contributed by atoms with van der Waals surface area (Å²) >= 11 is 0. The third-order valence-corrected chi connectivity index (χ3v) is 3.27. The molecule has 1 heterocycles. The van der Waals surface area contributed by atoms with Crippen molar-refractivity contribution in [2.24, 2.45) is 17.6 Å². The average molecular weight is 257 g/mol. The molecule has 0 amide bonds. The van der Waals surface area contributed by atoms with Gasteiger partial charge in [-0.15, -0.1) is 0 Å². The fourth-order valence-corrected chi connectivity index (χ4v) is 2.12. The minimum Gasteiger partial charge on any atom is -0.493 e. The van der Waals surface area contributed by atoms with Crippen LogP contribution in [0.15, 0.2) is 6.20 Å². The standard InChI is InChI=1S/C13H24FN3O/c1-8(2)10(6-15)12(14)13-11(18-5)7-16-17(13)9(3)4/h7-10,12H,6,15H2,1-5H3. The zero-order valence-corrected chi connectivity index (χ0v) is 11.9. The summed E-state index contributed by atoms with van der Waals surface area (Å²) in [6, 6.07) is 0.0905. The summed E-state index contributed by atoms with van der Waals surface area (Å²) in [6.07, 6.45) is 0.408. The van der Waals surface area contributed by atoms with Gasteiger partial charge in [0.25, 0.3) is 0 Å². The number of nitrogens with two attached hydrogens (primary N) is 1. The minimum absolute atomic E-state index is 0.0905. The quantitative estimate of drug-likeness (QED) is 0.852. The van der Waals surface area contributed by atoms with E-state index in [1.54, 1.807) is 10.9 Å². The van der Waals surface area contributed by atoms with Gasteiger partial charge in [0.1, 0.15) is 11.9 Å². The van der Waals surface area contributed by atoms with Crippen molar-refractivity contribution in [3.05, 3.63) is 11.9 Å². The summed E-state index contributed by atoms with van der Waals surface area (Å²) in [5.41, 5.74) is 6.18. The predicted octanol–water partition coefficient (Wildman–Crippen LogP) is 2.71. The monoisotopic (exact) mass is 257 g/mol. The molecule has 0 spiro atoms. The number of rotatable bonds is 6. The van der Waals surface area contributed by atoms with E-state index >= 15 is 0 Å². The number of nitrogens with zero attached hydrogens (tertiary/aromatic N) is 2. The van der Waals surface area contributed by atoms with E-state index in [0.717, 1.165) is 0 Å². The normalized spacial score (nSPS) is 15.2. The molecule has 0 aliphatic carbocycles. The van der Waals surface area contributed by atoms with Crippen LogP contribution >= 0.6 is 0 Å². The summed E-state index contributed by atoms with van der Waals surface area (Å²) in [6.45, 7) is 8.20. The smallest absolute Gasteiger partial charge is 0.162 e. The van der Waals surface area contributed by atoms with E-state index in [-0.39, 0.29) is 17.9 Å². The van der Waals surface area contributed by atoms with Gasteiger partial charge in [-0.25, -0.2) is 4.39 Å². The van der Waals surface area contributed by atoms with Gasteiger partial charge in [0.15, 0.2) is 5.75 Å². The van der Waals surface area contributed by atoms with Crippen LogP contribution in [0.2, 0.25) is 0 Å². The number of alkyl halides is 1. The number of hydrogen-bond donors (Lipinski definition) is 1. The highest BCUT2D eigenvalue weighted by Crippen LogP contribution is 2.37. The van der Waals surface area contributed by atoms with Crippen molar-refractivity contribution in [1.29, 1.82) is 0 Å². The van der Waals surface area contributed by atoms with Crippen LogP contribution in [0.5, 0.6) is 5.75 Å². The molecule has 5 heteroatoms. The first-order valence-electron chi connectivity index (χ1n) is 6.39. The van der Waals surface area contributed by atoms with Crippen molar-refractivity contribution < 1.29 is 9.13 Å². The summed E-state index contributed by atoms with van der Waals surface area (Å²) in [7, 11) is 1.53. The number of ether oxygens (including phenoxy) is 1. The Hall–Kier alpha value is -1.10. The highest BCUT2D eigenvalue weighted by molar-refractivity contribution is 5.28. The van der Waals surface area contributed by atoms with Crippen LogP contribution in [0.3, 0.4) is 0 Å². The Labute approximate surface area is 108 Å². The van der Waals surface area contributed by atoms with E-state index in [1.807, 2.05) is 27.7 Å². The first-order chi connectivity index (χ1) is 8.43. The molecule has 1 rings (SSSR count). The van der Waals surface area contributed by atoms with Crippen molar-refractivity contribution >= 4 is 0 Å². The van der Waals surface area contributed by atoms with E-state index in [0.29, 0.717) is 18.0 Å². The molecule has 0 saturated carbocycles. The Balaban J connectivity index is 3.16. The highest BCUT2D eigenvalue weighted by Gasteiger charge is 2.31. The van der Waals surface area contributed by atoms with Gasteiger partial charge in [0.2, 0.25) is 0 Å². The second-order valence-electron chi connectivity index (χ2n) is 5.18. The predicted molar refractivity (Wildman–Crippen MR) is 70.4 cm³/mol. The highest BCUT2D eigenvalue weighted by atomic mass is 19.1. The topological polar surface area (TPSA) is 53.1 Å². The molecule has 1 aromatic heterocycles. The van der Waals surface area contributed by atoms with Crippen molar-refractivity contribution in [3.8, 4) is 5.75 Å². The summed E-state index contributed by atoms with van der Waals surface area (Å²) in [5, 5.41) is 4.19. The number of halogens is 1. The number of methoxy groups -OCH3 is 1. The molecular formula is C13H24FN3O. The minimum atomic E-state index is -1.16. The second kappa shape index (κ2) is 6.18. The molecule has 0 aliphatic heterocycles. The van der Waals surface area contributed by atoms with E-state index in [1.165, 1.54) is 7.11 Å². The van der Waals surface area contributed by atoms with Crippen LogP contribution in [0.4, 0.5) is 4.39 Å². The zero-order chi connectivity index (χ0) is 13.9. The molecule has 104 valence electrons.